The average molecular weight is 387 g/mol. The first-order valence-corrected chi connectivity index (χ1v) is 10.6. The maximum atomic E-state index is 12.5. The Morgan fingerprint density at radius 1 is 1.04 bits per heavy atom. The van der Waals surface area contributed by atoms with Crippen molar-refractivity contribution >= 4 is 23.2 Å². The van der Waals surface area contributed by atoms with Gasteiger partial charge in [-0.2, -0.15) is 0 Å². The van der Waals surface area contributed by atoms with Crippen molar-refractivity contribution in [1.29, 1.82) is 0 Å². The largest absolute Gasteiger partial charge is 0.326 e. The molecule has 0 unspecified atom stereocenters. The predicted octanol–water partition coefficient (Wildman–Crippen LogP) is 3.17. The minimum absolute atomic E-state index is 0.0599. The quantitative estimate of drug-likeness (QED) is 0.755. The van der Waals surface area contributed by atoms with Crippen molar-refractivity contribution in [2.45, 2.75) is 51.0 Å². The van der Waals surface area contributed by atoms with Crippen molar-refractivity contribution in [3.05, 3.63) is 24.3 Å². The number of hydrogen-bond donors (Lipinski definition) is 2. The van der Waals surface area contributed by atoms with Crippen LogP contribution in [-0.2, 0) is 9.59 Å². The van der Waals surface area contributed by atoms with Crippen LogP contribution >= 0.6 is 0 Å². The standard InChI is InChI=1S/C22H34N4O2/c1-25(2)16-22(28)24-19-9-5-8-18(15-19)23-21(27)12-11-17-7-6-14-26-13-4-3-10-20(17)26/h5,8-9,15,17,20H,3-4,6-7,10-14,16H2,1-2H3,(H,23,27)(H,24,28)/t17-,20+/m0/s1. The van der Waals surface area contributed by atoms with Gasteiger partial charge in [-0.15, -0.1) is 0 Å². The van der Waals surface area contributed by atoms with Crippen LogP contribution in [0.2, 0.25) is 0 Å². The number of amides is 2. The Morgan fingerprint density at radius 3 is 2.50 bits per heavy atom. The molecular weight excluding hydrogens is 352 g/mol. The summed E-state index contributed by atoms with van der Waals surface area (Å²) in [7, 11) is 3.71. The van der Waals surface area contributed by atoms with E-state index < -0.39 is 0 Å². The topological polar surface area (TPSA) is 64.7 Å². The molecule has 0 radical (unpaired) electrons. The summed E-state index contributed by atoms with van der Waals surface area (Å²) < 4.78 is 0. The van der Waals surface area contributed by atoms with Crippen LogP contribution in [0, 0.1) is 5.92 Å². The van der Waals surface area contributed by atoms with Gasteiger partial charge in [-0.3, -0.25) is 9.59 Å². The summed E-state index contributed by atoms with van der Waals surface area (Å²) in [6.45, 7) is 2.80. The number of fused-ring (bicyclic) bond motifs is 1. The maximum Gasteiger partial charge on any atom is 0.238 e. The Bertz CT molecular complexity index is 674. The van der Waals surface area contributed by atoms with Gasteiger partial charge >= 0.3 is 0 Å². The van der Waals surface area contributed by atoms with Crippen molar-refractivity contribution in [2.24, 2.45) is 5.92 Å². The number of carbonyl (C=O) groups is 2. The second-order valence-corrected chi connectivity index (χ2v) is 8.46. The Labute approximate surface area is 168 Å². The minimum atomic E-state index is -0.0668. The molecule has 0 bridgehead atoms. The van der Waals surface area contributed by atoms with E-state index in [-0.39, 0.29) is 11.8 Å². The molecule has 0 aliphatic carbocycles. The number of rotatable bonds is 7. The molecule has 2 saturated heterocycles. The van der Waals surface area contributed by atoms with E-state index in [1.165, 1.54) is 45.2 Å². The number of piperidine rings is 2. The van der Waals surface area contributed by atoms with E-state index in [1.54, 1.807) is 0 Å². The van der Waals surface area contributed by atoms with Crippen LogP contribution in [0.1, 0.15) is 44.9 Å². The number of anilines is 2. The fraction of sp³-hybridized carbons (Fsp3) is 0.636. The van der Waals surface area contributed by atoms with Crippen LogP contribution in [0.5, 0.6) is 0 Å². The number of benzene rings is 1. The molecule has 2 aliphatic rings. The first-order valence-electron chi connectivity index (χ1n) is 10.6. The molecular formula is C22H34N4O2. The molecule has 6 nitrogen and oxygen atoms in total. The molecule has 154 valence electrons. The van der Waals surface area contributed by atoms with E-state index in [0.717, 1.165) is 12.1 Å². The highest BCUT2D eigenvalue weighted by molar-refractivity contribution is 5.94. The van der Waals surface area contributed by atoms with Crippen LogP contribution in [0.3, 0.4) is 0 Å². The Balaban J connectivity index is 1.48. The van der Waals surface area contributed by atoms with Gasteiger partial charge in [0.2, 0.25) is 11.8 Å². The van der Waals surface area contributed by atoms with E-state index in [2.05, 4.69) is 15.5 Å². The molecule has 2 amide bonds. The van der Waals surface area contributed by atoms with Crippen molar-refractivity contribution in [2.75, 3.05) is 44.4 Å². The van der Waals surface area contributed by atoms with Crippen LogP contribution in [0.15, 0.2) is 24.3 Å². The third-order valence-electron chi connectivity index (χ3n) is 5.86. The van der Waals surface area contributed by atoms with Crippen LogP contribution < -0.4 is 10.6 Å². The van der Waals surface area contributed by atoms with Crippen molar-refractivity contribution in [3.63, 3.8) is 0 Å². The SMILES string of the molecule is CN(C)CC(=O)Nc1cccc(NC(=O)CC[C@@H]2CCCN3CCCC[C@H]23)c1. The molecule has 28 heavy (non-hydrogen) atoms. The Kier molecular flexibility index (Phi) is 7.45. The summed E-state index contributed by atoms with van der Waals surface area (Å²) in [4.78, 5) is 28.8. The van der Waals surface area contributed by atoms with Gasteiger partial charge in [-0.1, -0.05) is 12.5 Å². The third-order valence-corrected chi connectivity index (χ3v) is 5.86. The van der Waals surface area contributed by atoms with Gasteiger partial charge in [-0.25, -0.2) is 0 Å². The van der Waals surface area contributed by atoms with Crippen LogP contribution in [0.25, 0.3) is 0 Å². The molecule has 0 saturated carbocycles. The highest BCUT2D eigenvalue weighted by Crippen LogP contribution is 2.33. The summed E-state index contributed by atoms with van der Waals surface area (Å²) in [6.07, 6.45) is 7.99. The van der Waals surface area contributed by atoms with Crippen molar-refractivity contribution in [1.82, 2.24) is 9.80 Å². The zero-order chi connectivity index (χ0) is 19.9. The lowest BCUT2D eigenvalue weighted by Crippen LogP contribution is -2.48. The van der Waals surface area contributed by atoms with Gasteiger partial charge in [-0.05, 0) is 83.4 Å². The summed E-state index contributed by atoms with van der Waals surface area (Å²) in [6, 6.07) is 8.05. The Morgan fingerprint density at radius 2 is 1.75 bits per heavy atom. The van der Waals surface area contributed by atoms with Crippen LogP contribution in [-0.4, -0.2) is 61.4 Å². The van der Waals surface area contributed by atoms with E-state index in [0.29, 0.717) is 30.6 Å². The number of nitrogens with one attached hydrogen (secondary N) is 2. The van der Waals surface area contributed by atoms with Gasteiger partial charge in [0, 0.05) is 23.8 Å². The molecule has 1 aromatic carbocycles. The first-order chi connectivity index (χ1) is 13.5. The molecule has 2 fully saturated rings. The monoisotopic (exact) mass is 386 g/mol. The number of nitrogens with zero attached hydrogens (tertiary/aromatic N) is 2. The average Bonchev–Trinajstić information content (AvgIpc) is 2.66. The van der Waals surface area contributed by atoms with E-state index in [1.807, 2.05) is 43.3 Å². The number of likely N-dealkylation sites (N-methyl/N-ethyl adjacent to an activating group) is 1. The summed E-state index contributed by atoms with van der Waals surface area (Å²) in [5.41, 5.74) is 1.44. The zero-order valence-electron chi connectivity index (χ0n) is 17.2. The van der Waals surface area contributed by atoms with E-state index in [9.17, 15) is 9.59 Å². The highest BCUT2D eigenvalue weighted by atomic mass is 16.2. The molecule has 1 aromatic rings. The van der Waals surface area contributed by atoms with Gasteiger partial charge in [0.15, 0.2) is 0 Å². The fourth-order valence-corrected chi connectivity index (χ4v) is 4.62. The fourth-order valence-electron chi connectivity index (χ4n) is 4.62. The summed E-state index contributed by atoms with van der Waals surface area (Å²) >= 11 is 0. The molecule has 2 atom stereocenters. The Hall–Kier alpha value is -1.92. The van der Waals surface area contributed by atoms with Gasteiger partial charge < -0.3 is 20.4 Å². The number of carbonyl (C=O) groups excluding carboxylic acids is 2. The molecule has 0 aromatic heterocycles. The van der Waals surface area contributed by atoms with E-state index >= 15 is 0 Å². The zero-order valence-corrected chi connectivity index (χ0v) is 17.2. The predicted molar refractivity (Wildman–Crippen MR) is 113 cm³/mol. The molecule has 2 aliphatic heterocycles. The van der Waals surface area contributed by atoms with Crippen LogP contribution in [0.4, 0.5) is 11.4 Å². The van der Waals surface area contributed by atoms with Crippen molar-refractivity contribution < 1.29 is 9.59 Å². The second-order valence-electron chi connectivity index (χ2n) is 8.46. The minimum Gasteiger partial charge on any atom is -0.326 e. The second kappa shape index (κ2) is 10.0. The van der Waals surface area contributed by atoms with E-state index in [4.69, 9.17) is 0 Å². The molecule has 0 spiro atoms. The lowest BCUT2D eigenvalue weighted by Gasteiger charge is -2.44. The molecule has 6 heteroatoms. The summed E-state index contributed by atoms with van der Waals surface area (Å²) in [5.74, 6) is 0.643. The smallest absolute Gasteiger partial charge is 0.238 e. The normalized spacial score (nSPS) is 22.5. The van der Waals surface area contributed by atoms with Gasteiger partial charge in [0.1, 0.15) is 0 Å². The molecule has 2 N–H and O–H groups in total. The lowest BCUT2D eigenvalue weighted by molar-refractivity contribution is -0.117. The maximum absolute atomic E-state index is 12.5. The number of hydrogen-bond acceptors (Lipinski definition) is 4. The third kappa shape index (κ3) is 6.04. The highest BCUT2D eigenvalue weighted by Gasteiger charge is 2.32. The summed E-state index contributed by atoms with van der Waals surface area (Å²) in [5, 5.41) is 5.86. The molecule has 2 heterocycles. The van der Waals surface area contributed by atoms with Gasteiger partial charge in [0.05, 0.1) is 6.54 Å². The first kappa shape index (κ1) is 20.8. The lowest BCUT2D eigenvalue weighted by atomic mass is 9.81. The van der Waals surface area contributed by atoms with Crippen molar-refractivity contribution in [3.8, 4) is 0 Å². The van der Waals surface area contributed by atoms with Gasteiger partial charge in [0.25, 0.3) is 0 Å². The molecule has 3 rings (SSSR count).